The first-order valence-corrected chi connectivity index (χ1v) is 10.2. The van der Waals surface area contributed by atoms with Gasteiger partial charge in [0.1, 0.15) is 23.7 Å². The summed E-state index contributed by atoms with van der Waals surface area (Å²) in [7, 11) is 1.63. The molecule has 3 unspecified atom stereocenters. The number of methoxy groups -OCH3 is 1. The molecule has 3 aromatic rings. The molecule has 1 N–H and O–H groups in total. The number of benzene rings is 1. The van der Waals surface area contributed by atoms with E-state index in [1.165, 1.54) is 0 Å². The molecular weight excluding hydrogens is 394 g/mol. The minimum atomic E-state index is -0.412. The number of hydrogen-bond acceptors (Lipinski definition) is 6. The topological polar surface area (TPSA) is 99.2 Å². The summed E-state index contributed by atoms with van der Waals surface area (Å²) in [4.78, 5) is 21.5. The molecule has 158 valence electrons. The Morgan fingerprint density at radius 2 is 2.13 bits per heavy atom. The standard InChI is InChI=1S/C22H23N7O2/c1-14-11-28(13-24-14)18-7-6-16(10-20(18)31-2)17-12-29(27-26-17)19-8-5-15-4-3-9-23-21(15)25-22(19)30/h3-4,6-7,9-13,15,19,21H,5,8H2,1-2H3,(H,25,30). The van der Waals surface area contributed by atoms with Crippen molar-refractivity contribution in [2.75, 3.05) is 7.11 Å². The van der Waals surface area contributed by atoms with Crippen molar-refractivity contribution in [3.05, 3.63) is 54.8 Å². The zero-order valence-corrected chi connectivity index (χ0v) is 17.3. The number of nitrogens with zero attached hydrogens (tertiary/aromatic N) is 6. The lowest BCUT2D eigenvalue weighted by Gasteiger charge is -2.20. The first kappa shape index (κ1) is 19.2. The maximum Gasteiger partial charge on any atom is 0.246 e. The summed E-state index contributed by atoms with van der Waals surface area (Å²) in [5.41, 5.74) is 3.35. The summed E-state index contributed by atoms with van der Waals surface area (Å²) in [5, 5.41) is 11.6. The molecule has 0 saturated carbocycles. The van der Waals surface area contributed by atoms with E-state index in [1.54, 1.807) is 24.3 Å². The third-order valence-corrected chi connectivity index (χ3v) is 5.76. The molecule has 9 nitrogen and oxygen atoms in total. The summed E-state index contributed by atoms with van der Waals surface area (Å²) in [6.45, 7) is 1.94. The van der Waals surface area contributed by atoms with Gasteiger partial charge in [0.15, 0.2) is 0 Å². The van der Waals surface area contributed by atoms with Gasteiger partial charge in [-0.2, -0.15) is 0 Å². The van der Waals surface area contributed by atoms with Crippen LogP contribution in [0.5, 0.6) is 5.75 Å². The van der Waals surface area contributed by atoms with Crippen LogP contribution in [0.25, 0.3) is 16.9 Å². The third-order valence-electron chi connectivity index (χ3n) is 5.76. The number of allylic oxidation sites excluding steroid dienone is 1. The van der Waals surface area contributed by atoms with E-state index in [0.29, 0.717) is 17.9 Å². The number of nitrogens with one attached hydrogen (secondary N) is 1. The zero-order valence-electron chi connectivity index (χ0n) is 17.3. The Bertz CT molecular complexity index is 1180. The number of carbonyl (C=O) groups excluding carboxylic acids is 1. The molecule has 0 spiro atoms. The van der Waals surface area contributed by atoms with E-state index in [4.69, 9.17) is 4.74 Å². The number of rotatable bonds is 4. The molecule has 3 atom stereocenters. The third kappa shape index (κ3) is 3.63. The van der Waals surface area contributed by atoms with Crippen molar-refractivity contribution in [1.29, 1.82) is 0 Å². The molecule has 0 bridgehead atoms. The number of amides is 1. The van der Waals surface area contributed by atoms with E-state index in [9.17, 15) is 4.79 Å². The highest BCUT2D eigenvalue weighted by atomic mass is 16.5. The van der Waals surface area contributed by atoms with Crippen molar-refractivity contribution < 1.29 is 9.53 Å². The van der Waals surface area contributed by atoms with Gasteiger partial charge >= 0.3 is 0 Å². The fourth-order valence-corrected chi connectivity index (χ4v) is 4.09. The molecule has 9 heteroatoms. The predicted octanol–water partition coefficient (Wildman–Crippen LogP) is 2.48. The number of aliphatic imine (C=N–C) groups is 1. The second-order valence-electron chi connectivity index (χ2n) is 7.79. The minimum absolute atomic E-state index is 0.0835. The Kier molecular flexibility index (Phi) is 4.85. The molecule has 1 saturated heterocycles. The summed E-state index contributed by atoms with van der Waals surface area (Å²) in [6.07, 6.45) is 12.6. The maximum absolute atomic E-state index is 12.8. The van der Waals surface area contributed by atoms with Gasteiger partial charge in [-0.25, -0.2) is 9.67 Å². The monoisotopic (exact) mass is 417 g/mol. The smallest absolute Gasteiger partial charge is 0.246 e. The highest BCUT2D eigenvalue weighted by molar-refractivity contribution is 5.82. The first-order chi connectivity index (χ1) is 15.1. The number of aromatic nitrogens is 5. The van der Waals surface area contributed by atoms with Gasteiger partial charge in [-0.15, -0.1) is 5.10 Å². The number of fused-ring (bicyclic) bond motifs is 1. The normalized spacial score (nSPS) is 22.6. The van der Waals surface area contributed by atoms with E-state index in [0.717, 1.165) is 23.4 Å². The Morgan fingerprint density at radius 3 is 2.94 bits per heavy atom. The molecule has 2 aliphatic rings. The van der Waals surface area contributed by atoms with Crippen LogP contribution in [0, 0.1) is 12.8 Å². The van der Waals surface area contributed by atoms with Crippen molar-refractivity contribution in [2.45, 2.75) is 32.0 Å². The largest absolute Gasteiger partial charge is 0.495 e. The summed E-state index contributed by atoms with van der Waals surface area (Å²) in [6, 6.07) is 5.43. The van der Waals surface area contributed by atoms with Gasteiger partial charge in [0.2, 0.25) is 5.91 Å². The summed E-state index contributed by atoms with van der Waals surface area (Å²) in [5.74, 6) is 0.829. The highest BCUT2D eigenvalue weighted by Gasteiger charge is 2.32. The summed E-state index contributed by atoms with van der Waals surface area (Å²) < 4.78 is 9.16. The van der Waals surface area contributed by atoms with Crippen LogP contribution < -0.4 is 10.1 Å². The maximum atomic E-state index is 12.8. The van der Waals surface area contributed by atoms with Crippen molar-refractivity contribution >= 4 is 12.1 Å². The van der Waals surface area contributed by atoms with Crippen LogP contribution in [-0.4, -0.2) is 49.9 Å². The molecule has 31 heavy (non-hydrogen) atoms. The first-order valence-electron chi connectivity index (χ1n) is 10.2. The van der Waals surface area contributed by atoms with E-state index in [1.807, 2.05) is 48.2 Å². The van der Waals surface area contributed by atoms with E-state index in [-0.39, 0.29) is 18.0 Å². The fraction of sp³-hybridized carbons (Fsp3) is 0.318. The Balaban J connectivity index is 1.41. The number of imidazole rings is 1. The van der Waals surface area contributed by atoms with Gasteiger partial charge < -0.3 is 14.6 Å². The number of dihydropyridines is 1. The number of aryl methyl sites for hydroxylation is 1. The van der Waals surface area contributed by atoms with Crippen molar-refractivity contribution in [1.82, 2.24) is 29.9 Å². The molecule has 1 aromatic carbocycles. The average Bonchev–Trinajstić information content (AvgIpc) is 3.40. The van der Waals surface area contributed by atoms with Crippen molar-refractivity contribution in [2.24, 2.45) is 10.9 Å². The Labute approximate surface area is 179 Å². The second-order valence-corrected chi connectivity index (χ2v) is 7.79. The lowest BCUT2D eigenvalue weighted by molar-refractivity contribution is -0.125. The predicted molar refractivity (Wildman–Crippen MR) is 115 cm³/mol. The van der Waals surface area contributed by atoms with Crippen LogP contribution in [0.2, 0.25) is 0 Å². The molecule has 1 fully saturated rings. The second kappa shape index (κ2) is 7.82. The van der Waals surface area contributed by atoms with Crippen LogP contribution in [-0.2, 0) is 4.79 Å². The van der Waals surface area contributed by atoms with Crippen LogP contribution in [0.15, 0.2) is 54.1 Å². The lowest BCUT2D eigenvalue weighted by atomic mass is 9.98. The number of carbonyl (C=O) groups is 1. The van der Waals surface area contributed by atoms with Gasteiger partial charge in [-0.1, -0.05) is 17.4 Å². The SMILES string of the molecule is COc1cc(-c2cn(C3CCC4C=CC=NC4NC3=O)nn2)ccc1-n1cnc(C)c1. The fourth-order valence-electron chi connectivity index (χ4n) is 4.09. The quantitative estimate of drug-likeness (QED) is 0.703. The van der Waals surface area contributed by atoms with E-state index in [2.05, 4.69) is 31.7 Å². The molecule has 5 rings (SSSR count). The van der Waals surface area contributed by atoms with Gasteiger partial charge in [-0.05, 0) is 38.0 Å². The molecular formula is C22H23N7O2. The van der Waals surface area contributed by atoms with Crippen LogP contribution >= 0.6 is 0 Å². The zero-order chi connectivity index (χ0) is 21.4. The molecule has 4 heterocycles. The molecule has 2 aliphatic heterocycles. The lowest BCUT2D eigenvalue weighted by Crippen LogP contribution is -2.40. The highest BCUT2D eigenvalue weighted by Crippen LogP contribution is 2.31. The number of hydrogen-bond donors (Lipinski definition) is 1. The molecule has 0 aliphatic carbocycles. The summed E-state index contributed by atoms with van der Waals surface area (Å²) >= 11 is 0. The molecule has 0 radical (unpaired) electrons. The van der Waals surface area contributed by atoms with Gasteiger partial charge in [0.25, 0.3) is 0 Å². The van der Waals surface area contributed by atoms with Crippen LogP contribution in [0.3, 0.4) is 0 Å². The van der Waals surface area contributed by atoms with E-state index < -0.39 is 6.04 Å². The molecule has 1 amide bonds. The van der Waals surface area contributed by atoms with E-state index >= 15 is 0 Å². The molecule has 2 aromatic heterocycles. The average molecular weight is 417 g/mol. The van der Waals surface area contributed by atoms with Gasteiger partial charge in [0, 0.05) is 23.9 Å². The van der Waals surface area contributed by atoms with Crippen molar-refractivity contribution in [3.8, 4) is 22.7 Å². The van der Waals surface area contributed by atoms with Gasteiger partial charge in [-0.3, -0.25) is 9.79 Å². The Morgan fingerprint density at radius 1 is 1.23 bits per heavy atom. The van der Waals surface area contributed by atoms with Crippen LogP contribution in [0.1, 0.15) is 24.6 Å². The van der Waals surface area contributed by atoms with Gasteiger partial charge in [0.05, 0.1) is 31.0 Å². The Hall–Kier alpha value is -3.75. The minimum Gasteiger partial charge on any atom is -0.495 e. The van der Waals surface area contributed by atoms with Crippen LogP contribution in [0.4, 0.5) is 0 Å². The number of ether oxygens (including phenoxy) is 1. The van der Waals surface area contributed by atoms with Crippen molar-refractivity contribution in [3.63, 3.8) is 0 Å².